The number of hydrogen-bond acceptors (Lipinski definition) is 5. The third kappa shape index (κ3) is 3.76. The number of sulfonamides is 1. The zero-order valence-electron chi connectivity index (χ0n) is 12.5. The first kappa shape index (κ1) is 16.9. The molecular weight excluding hydrogens is 400 g/mol. The SMILES string of the molecule is Cc1cc(Br)ccc1S(=O)(=O)Nc1nc(CC2(O)CCC2)cs1. The minimum atomic E-state index is -3.67. The van der Waals surface area contributed by atoms with Crippen molar-refractivity contribution in [1.29, 1.82) is 0 Å². The van der Waals surface area contributed by atoms with Crippen molar-refractivity contribution in [1.82, 2.24) is 4.98 Å². The van der Waals surface area contributed by atoms with Crippen LogP contribution in [0.25, 0.3) is 0 Å². The average molecular weight is 417 g/mol. The Bertz CT molecular complexity index is 829. The summed E-state index contributed by atoms with van der Waals surface area (Å²) >= 11 is 4.56. The number of aryl methyl sites for hydroxylation is 1. The molecule has 2 N–H and O–H groups in total. The first-order chi connectivity index (χ1) is 10.8. The number of rotatable bonds is 5. The summed E-state index contributed by atoms with van der Waals surface area (Å²) in [5.74, 6) is 0. The summed E-state index contributed by atoms with van der Waals surface area (Å²) in [6, 6.07) is 5.02. The van der Waals surface area contributed by atoms with Gasteiger partial charge in [-0.2, -0.15) is 0 Å². The van der Waals surface area contributed by atoms with Crippen LogP contribution in [-0.2, 0) is 16.4 Å². The highest BCUT2D eigenvalue weighted by Gasteiger charge is 2.35. The van der Waals surface area contributed by atoms with E-state index in [0.717, 1.165) is 29.4 Å². The summed E-state index contributed by atoms with van der Waals surface area (Å²) in [5, 5.41) is 12.3. The van der Waals surface area contributed by atoms with Crippen molar-refractivity contribution in [2.45, 2.75) is 43.1 Å². The maximum atomic E-state index is 12.5. The second-order valence-electron chi connectivity index (χ2n) is 5.91. The first-order valence-corrected chi connectivity index (χ1v) is 10.4. The summed E-state index contributed by atoms with van der Waals surface area (Å²) in [4.78, 5) is 4.53. The third-order valence-corrected chi connectivity index (χ3v) is 6.92. The lowest BCUT2D eigenvalue weighted by Crippen LogP contribution is -2.39. The Hall–Kier alpha value is -0.960. The third-order valence-electron chi connectivity index (χ3n) is 3.99. The van der Waals surface area contributed by atoms with Crippen LogP contribution in [0.2, 0.25) is 0 Å². The molecule has 2 aromatic rings. The molecule has 1 aliphatic rings. The van der Waals surface area contributed by atoms with E-state index < -0.39 is 15.6 Å². The molecule has 1 heterocycles. The number of nitrogens with zero attached hydrogens (tertiary/aromatic N) is 1. The average Bonchev–Trinajstić information content (AvgIpc) is 2.82. The van der Waals surface area contributed by atoms with Gasteiger partial charge < -0.3 is 5.11 Å². The van der Waals surface area contributed by atoms with Crippen molar-refractivity contribution in [3.63, 3.8) is 0 Å². The lowest BCUT2D eigenvalue weighted by atomic mass is 9.77. The van der Waals surface area contributed by atoms with Crippen LogP contribution in [0.3, 0.4) is 0 Å². The van der Waals surface area contributed by atoms with Gasteiger partial charge in [-0.1, -0.05) is 15.9 Å². The van der Waals surface area contributed by atoms with Crippen molar-refractivity contribution >= 4 is 42.4 Å². The van der Waals surface area contributed by atoms with Crippen LogP contribution in [0.5, 0.6) is 0 Å². The van der Waals surface area contributed by atoms with Crippen LogP contribution >= 0.6 is 27.3 Å². The predicted molar refractivity (Wildman–Crippen MR) is 94.3 cm³/mol. The molecule has 124 valence electrons. The van der Waals surface area contributed by atoms with Gasteiger partial charge in [0.15, 0.2) is 5.13 Å². The molecule has 0 amide bonds. The number of aromatic nitrogens is 1. The van der Waals surface area contributed by atoms with E-state index in [-0.39, 0.29) is 4.90 Å². The largest absolute Gasteiger partial charge is 0.389 e. The van der Waals surface area contributed by atoms with Gasteiger partial charge in [-0.05, 0) is 49.9 Å². The summed E-state index contributed by atoms with van der Waals surface area (Å²) < 4.78 is 28.3. The molecule has 8 heteroatoms. The molecule has 1 aromatic heterocycles. The smallest absolute Gasteiger partial charge is 0.263 e. The molecule has 1 aromatic carbocycles. The summed E-state index contributed by atoms with van der Waals surface area (Å²) in [7, 11) is -3.67. The molecule has 0 saturated heterocycles. The molecule has 1 saturated carbocycles. The molecule has 0 radical (unpaired) electrons. The second-order valence-corrected chi connectivity index (χ2v) is 9.34. The van der Waals surface area contributed by atoms with Crippen molar-refractivity contribution in [3.05, 3.63) is 39.3 Å². The molecule has 0 spiro atoms. The molecule has 0 aliphatic heterocycles. The lowest BCUT2D eigenvalue weighted by molar-refractivity contribution is -0.0329. The van der Waals surface area contributed by atoms with Crippen molar-refractivity contribution in [2.24, 2.45) is 0 Å². The first-order valence-electron chi connectivity index (χ1n) is 7.23. The molecule has 1 aliphatic carbocycles. The monoisotopic (exact) mass is 416 g/mol. The molecule has 23 heavy (non-hydrogen) atoms. The number of aliphatic hydroxyl groups is 1. The number of anilines is 1. The highest BCUT2D eigenvalue weighted by Crippen LogP contribution is 2.35. The number of hydrogen-bond donors (Lipinski definition) is 2. The molecule has 0 bridgehead atoms. The molecular formula is C15H17BrN2O3S2. The van der Waals surface area contributed by atoms with E-state index in [1.54, 1.807) is 30.5 Å². The Kier molecular flexibility index (Phi) is 4.52. The molecule has 0 atom stereocenters. The van der Waals surface area contributed by atoms with E-state index in [1.807, 2.05) is 0 Å². The Labute approximate surface area is 148 Å². The van der Waals surface area contributed by atoms with Gasteiger partial charge in [-0.25, -0.2) is 13.4 Å². The van der Waals surface area contributed by atoms with Gasteiger partial charge in [0.1, 0.15) is 0 Å². The molecule has 3 rings (SSSR count). The van der Waals surface area contributed by atoms with E-state index in [0.29, 0.717) is 17.1 Å². The lowest BCUT2D eigenvalue weighted by Gasteiger charge is -2.35. The van der Waals surface area contributed by atoms with Crippen LogP contribution in [0.15, 0.2) is 32.9 Å². The number of halogens is 1. The Morgan fingerprint density at radius 3 is 2.78 bits per heavy atom. The summed E-state index contributed by atoms with van der Waals surface area (Å²) in [5.41, 5.74) is 0.724. The van der Waals surface area contributed by atoms with E-state index in [4.69, 9.17) is 0 Å². The van der Waals surface area contributed by atoms with Gasteiger partial charge >= 0.3 is 0 Å². The fourth-order valence-electron chi connectivity index (χ4n) is 2.62. The van der Waals surface area contributed by atoms with Crippen LogP contribution in [-0.4, -0.2) is 24.1 Å². The fourth-order valence-corrected chi connectivity index (χ4v) is 5.28. The van der Waals surface area contributed by atoms with E-state index >= 15 is 0 Å². The Balaban J connectivity index is 1.77. The van der Waals surface area contributed by atoms with Gasteiger partial charge in [-0.3, -0.25) is 4.72 Å². The minimum absolute atomic E-state index is 0.232. The molecule has 0 unspecified atom stereocenters. The van der Waals surface area contributed by atoms with E-state index in [9.17, 15) is 13.5 Å². The van der Waals surface area contributed by atoms with Gasteiger partial charge in [-0.15, -0.1) is 11.3 Å². The zero-order valence-corrected chi connectivity index (χ0v) is 15.8. The minimum Gasteiger partial charge on any atom is -0.389 e. The highest BCUT2D eigenvalue weighted by molar-refractivity contribution is 9.10. The van der Waals surface area contributed by atoms with E-state index in [1.165, 1.54) is 11.3 Å². The standard InChI is InChI=1S/C15H17BrN2O3S2/c1-10-7-11(16)3-4-13(10)23(20,21)18-14-17-12(9-22-14)8-15(19)5-2-6-15/h3-4,7,9,19H,2,5-6,8H2,1H3,(H,17,18). The fraction of sp³-hybridized carbons (Fsp3) is 0.400. The predicted octanol–water partition coefficient (Wildman–Crippen LogP) is 3.47. The van der Waals surface area contributed by atoms with Crippen LogP contribution < -0.4 is 4.72 Å². The highest BCUT2D eigenvalue weighted by atomic mass is 79.9. The van der Waals surface area contributed by atoms with Gasteiger partial charge in [0, 0.05) is 16.3 Å². The Morgan fingerprint density at radius 2 is 2.17 bits per heavy atom. The van der Waals surface area contributed by atoms with Gasteiger partial charge in [0.25, 0.3) is 10.0 Å². The quantitative estimate of drug-likeness (QED) is 0.781. The topological polar surface area (TPSA) is 79.3 Å². The van der Waals surface area contributed by atoms with Crippen LogP contribution in [0.4, 0.5) is 5.13 Å². The summed E-state index contributed by atoms with van der Waals surface area (Å²) in [6.45, 7) is 1.75. The van der Waals surface area contributed by atoms with Crippen molar-refractivity contribution in [2.75, 3.05) is 4.72 Å². The normalized spacial score (nSPS) is 16.8. The number of nitrogens with one attached hydrogen (secondary N) is 1. The maximum Gasteiger partial charge on any atom is 0.263 e. The Morgan fingerprint density at radius 1 is 1.43 bits per heavy atom. The zero-order chi connectivity index (χ0) is 16.7. The summed E-state index contributed by atoms with van der Waals surface area (Å²) in [6.07, 6.45) is 3.07. The van der Waals surface area contributed by atoms with Crippen molar-refractivity contribution < 1.29 is 13.5 Å². The van der Waals surface area contributed by atoms with Gasteiger partial charge in [0.2, 0.25) is 0 Å². The number of benzene rings is 1. The van der Waals surface area contributed by atoms with Crippen LogP contribution in [0.1, 0.15) is 30.5 Å². The van der Waals surface area contributed by atoms with Crippen LogP contribution in [0, 0.1) is 6.92 Å². The maximum absolute atomic E-state index is 12.5. The second kappa shape index (κ2) is 6.16. The van der Waals surface area contributed by atoms with Gasteiger partial charge in [0.05, 0.1) is 16.2 Å². The molecule has 5 nitrogen and oxygen atoms in total. The number of thiazole rings is 1. The molecule has 1 fully saturated rings. The van der Waals surface area contributed by atoms with Crippen molar-refractivity contribution in [3.8, 4) is 0 Å². The van der Waals surface area contributed by atoms with E-state index in [2.05, 4.69) is 25.6 Å².